The van der Waals surface area contributed by atoms with Crippen molar-refractivity contribution in [2.24, 2.45) is 0 Å². The lowest BCUT2D eigenvalue weighted by Crippen LogP contribution is -2.46. The zero-order valence-corrected chi connectivity index (χ0v) is 16.6. The van der Waals surface area contributed by atoms with Crippen LogP contribution in [0.4, 0.5) is 10.5 Å². The van der Waals surface area contributed by atoms with E-state index in [1.54, 1.807) is 43.8 Å². The second kappa shape index (κ2) is 9.62. The van der Waals surface area contributed by atoms with Crippen molar-refractivity contribution in [3.05, 3.63) is 40.6 Å². The third kappa shape index (κ3) is 5.37. The molecule has 2 aromatic rings. The Kier molecular flexibility index (Phi) is 6.95. The molecular formula is C20H26N2O4S. The number of anilines is 1. The van der Waals surface area contributed by atoms with E-state index in [0.29, 0.717) is 36.9 Å². The van der Waals surface area contributed by atoms with Gasteiger partial charge in [-0.05, 0) is 30.7 Å². The quantitative estimate of drug-likeness (QED) is 0.776. The predicted octanol–water partition coefficient (Wildman–Crippen LogP) is 4.02. The van der Waals surface area contributed by atoms with Crippen molar-refractivity contribution in [1.29, 1.82) is 0 Å². The lowest BCUT2D eigenvalue weighted by Gasteiger charge is -2.34. The SMILES string of the molecule is COc1cc(NC(=O)N(CCc2cccs2)C2CCOCC2)cc(OC)c1. The van der Waals surface area contributed by atoms with Gasteiger partial charge in [0, 0.05) is 54.6 Å². The van der Waals surface area contributed by atoms with Gasteiger partial charge < -0.3 is 24.4 Å². The van der Waals surface area contributed by atoms with Gasteiger partial charge in [0.2, 0.25) is 0 Å². The third-order valence-corrected chi connectivity index (χ3v) is 5.61. The van der Waals surface area contributed by atoms with Crippen LogP contribution in [-0.4, -0.2) is 51.0 Å². The fraction of sp³-hybridized carbons (Fsp3) is 0.450. The molecule has 1 aliphatic heterocycles. The van der Waals surface area contributed by atoms with Crippen molar-refractivity contribution in [2.45, 2.75) is 25.3 Å². The first-order valence-corrected chi connectivity index (χ1v) is 9.98. The number of carbonyl (C=O) groups excluding carboxylic acids is 1. The Labute approximate surface area is 164 Å². The summed E-state index contributed by atoms with van der Waals surface area (Å²) in [6.45, 7) is 2.07. The Bertz CT molecular complexity index is 707. The van der Waals surface area contributed by atoms with Crippen LogP contribution in [0.15, 0.2) is 35.7 Å². The largest absolute Gasteiger partial charge is 0.497 e. The fourth-order valence-electron chi connectivity index (χ4n) is 3.21. The summed E-state index contributed by atoms with van der Waals surface area (Å²) < 4.78 is 16.1. The lowest BCUT2D eigenvalue weighted by molar-refractivity contribution is 0.0484. The minimum atomic E-state index is -0.103. The molecule has 0 saturated carbocycles. The summed E-state index contributed by atoms with van der Waals surface area (Å²) in [7, 11) is 3.19. The van der Waals surface area contributed by atoms with Gasteiger partial charge in [0.1, 0.15) is 11.5 Å². The number of hydrogen-bond donors (Lipinski definition) is 1. The number of carbonyl (C=O) groups is 1. The van der Waals surface area contributed by atoms with Crippen molar-refractivity contribution in [1.82, 2.24) is 4.90 Å². The number of amides is 2. The van der Waals surface area contributed by atoms with E-state index in [-0.39, 0.29) is 12.1 Å². The highest BCUT2D eigenvalue weighted by atomic mass is 32.1. The van der Waals surface area contributed by atoms with Crippen molar-refractivity contribution in [3.8, 4) is 11.5 Å². The van der Waals surface area contributed by atoms with Crippen LogP contribution in [0.3, 0.4) is 0 Å². The van der Waals surface area contributed by atoms with E-state index < -0.39 is 0 Å². The van der Waals surface area contributed by atoms with Crippen LogP contribution >= 0.6 is 11.3 Å². The molecule has 27 heavy (non-hydrogen) atoms. The highest BCUT2D eigenvalue weighted by molar-refractivity contribution is 7.09. The van der Waals surface area contributed by atoms with E-state index in [1.807, 2.05) is 11.0 Å². The van der Waals surface area contributed by atoms with Crippen molar-refractivity contribution in [3.63, 3.8) is 0 Å². The minimum absolute atomic E-state index is 0.103. The van der Waals surface area contributed by atoms with E-state index in [4.69, 9.17) is 14.2 Å². The number of benzene rings is 1. The summed E-state index contributed by atoms with van der Waals surface area (Å²) in [5, 5.41) is 5.07. The van der Waals surface area contributed by atoms with E-state index in [0.717, 1.165) is 19.3 Å². The van der Waals surface area contributed by atoms with Gasteiger partial charge in [0.05, 0.1) is 14.2 Å². The summed E-state index contributed by atoms with van der Waals surface area (Å²) >= 11 is 1.72. The number of urea groups is 1. The number of nitrogens with one attached hydrogen (secondary N) is 1. The number of thiophene rings is 1. The Morgan fingerprint density at radius 3 is 2.52 bits per heavy atom. The molecule has 1 fully saturated rings. The van der Waals surface area contributed by atoms with Crippen LogP contribution in [-0.2, 0) is 11.2 Å². The minimum Gasteiger partial charge on any atom is -0.497 e. The number of rotatable bonds is 7. The highest BCUT2D eigenvalue weighted by Crippen LogP contribution is 2.26. The molecule has 2 heterocycles. The molecule has 0 aliphatic carbocycles. The lowest BCUT2D eigenvalue weighted by atomic mass is 10.1. The van der Waals surface area contributed by atoms with Crippen molar-refractivity contribution >= 4 is 23.1 Å². The molecule has 0 bridgehead atoms. The molecule has 146 valence electrons. The predicted molar refractivity (Wildman–Crippen MR) is 107 cm³/mol. The second-order valence-corrected chi connectivity index (χ2v) is 7.43. The van der Waals surface area contributed by atoms with Crippen LogP contribution in [0.5, 0.6) is 11.5 Å². The first-order chi connectivity index (χ1) is 13.2. The maximum Gasteiger partial charge on any atom is 0.322 e. The second-order valence-electron chi connectivity index (χ2n) is 6.40. The van der Waals surface area contributed by atoms with Gasteiger partial charge in [0.25, 0.3) is 0 Å². The van der Waals surface area contributed by atoms with Crippen LogP contribution in [0.1, 0.15) is 17.7 Å². The van der Waals surface area contributed by atoms with E-state index in [1.165, 1.54) is 4.88 Å². The van der Waals surface area contributed by atoms with Crippen LogP contribution < -0.4 is 14.8 Å². The van der Waals surface area contributed by atoms with Crippen molar-refractivity contribution in [2.75, 3.05) is 39.3 Å². The summed E-state index contributed by atoms with van der Waals surface area (Å²) in [5.74, 6) is 1.28. The molecule has 0 atom stereocenters. The first-order valence-electron chi connectivity index (χ1n) is 9.10. The summed E-state index contributed by atoms with van der Waals surface area (Å²) in [5.41, 5.74) is 0.657. The van der Waals surface area contributed by atoms with Gasteiger partial charge in [-0.25, -0.2) is 4.79 Å². The van der Waals surface area contributed by atoms with Crippen LogP contribution in [0.25, 0.3) is 0 Å². The van der Waals surface area contributed by atoms with Gasteiger partial charge in [-0.2, -0.15) is 0 Å². The Balaban J connectivity index is 1.73. The van der Waals surface area contributed by atoms with Gasteiger partial charge in [-0.3, -0.25) is 0 Å². The topological polar surface area (TPSA) is 60.0 Å². The average Bonchev–Trinajstić information content (AvgIpc) is 3.22. The Morgan fingerprint density at radius 1 is 1.22 bits per heavy atom. The third-order valence-electron chi connectivity index (χ3n) is 4.67. The Hall–Kier alpha value is -2.25. The molecule has 0 unspecified atom stereocenters. The molecule has 1 aromatic carbocycles. The highest BCUT2D eigenvalue weighted by Gasteiger charge is 2.26. The van der Waals surface area contributed by atoms with Gasteiger partial charge in [0.15, 0.2) is 0 Å². The molecule has 1 aromatic heterocycles. The van der Waals surface area contributed by atoms with Gasteiger partial charge in [-0.15, -0.1) is 11.3 Å². The molecule has 1 saturated heterocycles. The van der Waals surface area contributed by atoms with E-state index in [2.05, 4.69) is 16.8 Å². The molecule has 2 amide bonds. The molecular weight excluding hydrogens is 364 g/mol. The number of methoxy groups -OCH3 is 2. The molecule has 1 aliphatic rings. The summed E-state index contributed by atoms with van der Waals surface area (Å²) in [6.07, 6.45) is 2.57. The standard InChI is InChI=1S/C20H26N2O4S/c1-24-17-12-15(13-18(14-17)25-2)21-20(23)22(16-6-9-26-10-7-16)8-5-19-4-3-11-27-19/h3-4,11-14,16H,5-10H2,1-2H3,(H,21,23). The van der Waals surface area contributed by atoms with Gasteiger partial charge in [-0.1, -0.05) is 6.07 Å². The van der Waals surface area contributed by atoms with Gasteiger partial charge >= 0.3 is 6.03 Å². The number of hydrogen-bond acceptors (Lipinski definition) is 5. The molecule has 1 N–H and O–H groups in total. The van der Waals surface area contributed by atoms with E-state index >= 15 is 0 Å². The first kappa shape index (κ1) is 19.5. The number of ether oxygens (including phenoxy) is 3. The normalized spacial score (nSPS) is 14.6. The molecule has 3 rings (SSSR count). The van der Waals surface area contributed by atoms with Crippen LogP contribution in [0, 0.1) is 0 Å². The maximum absolute atomic E-state index is 13.1. The maximum atomic E-state index is 13.1. The fourth-order valence-corrected chi connectivity index (χ4v) is 3.91. The number of nitrogens with zero attached hydrogens (tertiary/aromatic N) is 1. The zero-order chi connectivity index (χ0) is 19.1. The monoisotopic (exact) mass is 390 g/mol. The van der Waals surface area contributed by atoms with Crippen molar-refractivity contribution < 1.29 is 19.0 Å². The van der Waals surface area contributed by atoms with E-state index in [9.17, 15) is 4.79 Å². The van der Waals surface area contributed by atoms with Crippen LogP contribution in [0.2, 0.25) is 0 Å². The smallest absolute Gasteiger partial charge is 0.322 e. The summed E-state index contributed by atoms with van der Waals surface area (Å²) in [4.78, 5) is 16.3. The summed E-state index contributed by atoms with van der Waals surface area (Å²) in [6, 6.07) is 9.60. The molecule has 7 heteroatoms. The molecule has 0 spiro atoms. The average molecular weight is 391 g/mol. The zero-order valence-electron chi connectivity index (χ0n) is 15.8. The Morgan fingerprint density at radius 2 is 1.93 bits per heavy atom. The molecule has 0 radical (unpaired) electrons. The molecule has 6 nitrogen and oxygen atoms in total.